The number of benzene rings is 1. The van der Waals surface area contributed by atoms with E-state index in [2.05, 4.69) is 47.5 Å². The molecule has 1 N–H and O–H groups in total. The molecule has 1 aromatic carbocycles. The summed E-state index contributed by atoms with van der Waals surface area (Å²) in [5.74, 6) is 0. The van der Waals surface area contributed by atoms with E-state index in [0.29, 0.717) is 11.5 Å². The number of piperazine rings is 1. The first-order chi connectivity index (χ1) is 9.83. The van der Waals surface area contributed by atoms with E-state index in [1.54, 1.807) is 0 Å². The molecule has 0 spiro atoms. The lowest BCUT2D eigenvalue weighted by atomic mass is 9.82. The molecular weight excluding hydrogens is 244 g/mol. The fourth-order valence-electron chi connectivity index (χ4n) is 4.12. The lowest BCUT2D eigenvalue weighted by molar-refractivity contribution is 0.0875. The Morgan fingerprint density at radius 3 is 2.65 bits per heavy atom. The topological polar surface area (TPSA) is 15.3 Å². The average Bonchev–Trinajstić information content (AvgIpc) is 2.98. The minimum absolute atomic E-state index is 0.564. The van der Waals surface area contributed by atoms with Crippen molar-refractivity contribution >= 4 is 0 Å². The van der Waals surface area contributed by atoms with E-state index in [1.165, 1.54) is 50.8 Å². The minimum atomic E-state index is 0.564. The van der Waals surface area contributed by atoms with Crippen LogP contribution in [0.5, 0.6) is 0 Å². The van der Waals surface area contributed by atoms with Gasteiger partial charge in [0, 0.05) is 32.2 Å². The molecule has 0 aromatic heterocycles. The van der Waals surface area contributed by atoms with Crippen molar-refractivity contribution in [1.82, 2.24) is 10.2 Å². The maximum absolute atomic E-state index is 3.58. The van der Waals surface area contributed by atoms with Gasteiger partial charge in [0.25, 0.3) is 0 Å². The molecule has 2 heteroatoms. The SMILES string of the molecule is CCC1(CN2CCNCC2c2ccccc2)CCCC1. The highest BCUT2D eigenvalue weighted by Gasteiger charge is 2.36. The molecule has 2 fully saturated rings. The highest BCUT2D eigenvalue weighted by molar-refractivity contribution is 5.20. The van der Waals surface area contributed by atoms with Crippen LogP contribution in [0.1, 0.15) is 50.6 Å². The molecule has 1 saturated carbocycles. The van der Waals surface area contributed by atoms with Gasteiger partial charge in [0.2, 0.25) is 0 Å². The second kappa shape index (κ2) is 6.28. The van der Waals surface area contributed by atoms with Crippen LogP contribution in [-0.4, -0.2) is 31.1 Å². The van der Waals surface area contributed by atoms with Crippen LogP contribution >= 0.6 is 0 Å². The maximum Gasteiger partial charge on any atom is 0.0473 e. The van der Waals surface area contributed by atoms with Gasteiger partial charge in [0.15, 0.2) is 0 Å². The summed E-state index contributed by atoms with van der Waals surface area (Å²) in [5.41, 5.74) is 2.08. The van der Waals surface area contributed by atoms with Crippen LogP contribution in [0.15, 0.2) is 30.3 Å². The molecule has 1 saturated heterocycles. The Kier molecular flexibility index (Phi) is 4.42. The van der Waals surface area contributed by atoms with Crippen molar-refractivity contribution < 1.29 is 0 Å². The molecule has 1 atom stereocenters. The summed E-state index contributed by atoms with van der Waals surface area (Å²) in [5, 5.41) is 3.58. The van der Waals surface area contributed by atoms with Gasteiger partial charge < -0.3 is 5.32 Å². The van der Waals surface area contributed by atoms with Crippen molar-refractivity contribution in [2.75, 3.05) is 26.2 Å². The standard InChI is InChI=1S/C18H28N2/c1-2-18(10-6-7-11-18)15-20-13-12-19-14-17(20)16-8-4-3-5-9-16/h3-5,8-9,17,19H,2,6-7,10-15H2,1H3. The van der Waals surface area contributed by atoms with Gasteiger partial charge >= 0.3 is 0 Å². The first-order valence-corrected chi connectivity index (χ1v) is 8.33. The number of hydrogen-bond acceptors (Lipinski definition) is 2. The molecule has 1 unspecified atom stereocenters. The third-order valence-electron chi connectivity index (χ3n) is 5.49. The third-order valence-corrected chi connectivity index (χ3v) is 5.49. The maximum atomic E-state index is 3.58. The van der Waals surface area contributed by atoms with Crippen LogP contribution in [0, 0.1) is 5.41 Å². The predicted molar refractivity (Wildman–Crippen MR) is 84.8 cm³/mol. The van der Waals surface area contributed by atoms with Gasteiger partial charge in [-0.05, 0) is 30.2 Å². The van der Waals surface area contributed by atoms with Gasteiger partial charge in [-0.3, -0.25) is 4.90 Å². The van der Waals surface area contributed by atoms with Gasteiger partial charge in [-0.15, -0.1) is 0 Å². The number of rotatable bonds is 4. The molecule has 0 radical (unpaired) electrons. The van der Waals surface area contributed by atoms with Crippen LogP contribution in [-0.2, 0) is 0 Å². The van der Waals surface area contributed by atoms with E-state index in [0.717, 1.165) is 13.1 Å². The molecule has 1 aliphatic carbocycles. The number of nitrogens with one attached hydrogen (secondary N) is 1. The Morgan fingerprint density at radius 2 is 1.95 bits per heavy atom. The molecule has 110 valence electrons. The van der Waals surface area contributed by atoms with Gasteiger partial charge in [-0.1, -0.05) is 50.1 Å². The van der Waals surface area contributed by atoms with Crippen LogP contribution in [0.2, 0.25) is 0 Å². The van der Waals surface area contributed by atoms with Gasteiger partial charge in [0.05, 0.1) is 0 Å². The van der Waals surface area contributed by atoms with Crippen molar-refractivity contribution in [3.63, 3.8) is 0 Å². The lowest BCUT2D eigenvalue weighted by Crippen LogP contribution is -2.49. The Balaban J connectivity index is 1.75. The summed E-state index contributed by atoms with van der Waals surface area (Å²) in [6, 6.07) is 11.6. The normalized spacial score (nSPS) is 26.8. The van der Waals surface area contributed by atoms with Crippen LogP contribution in [0.25, 0.3) is 0 Å². The van der Waals surface area contributed by atoms with Gasteiger partial charge in [0.1, 0.15) is 0 Å². The molecule has 3 rings (SSSR count). The summed E-state index contributed by atoms with van der Waals surface area (Å²) in [7, 11) is 0. The summed E-state index contributed by atoms with van der Waals surface area (Å²) >= 11 is 0. The monoisotopic (exact) mass is 272 g/mol. The molecule has 2 aliphatic rings. The summed E-state index contributed by atoms with van der Waals surface area (Å²) in [6.07, 6.45) is 7.11. The van der Waals surface area contributed by atoms with E-state index in [1.807, 2.05) is 0 Å². The van der Waals surface area contributed by atoms with Gasteiger partial charge in [-0.2, -0.15) is 0 Å². The van der Waals surface area contributed by atoms with E-state index in [-0.39, 0.29) is 0 Å². The molecule has 1 aliphatic heterocycles. The summed E-state index contributed by atoms with van der Waals surface area (Å²) in [6.45, 7) is 7.13. The largest absolute Gasteiger partial charge is 0.314 e. The quantitative estimate of drug-likeness (QED) is 0.901. The summed E-state index contributed by atoms with van der Waals surface area (Å²) < 4.78 is 0. The fraction of sp³-hybridized carbons (Fsp3) is 0.667. The van der Waals surface area contributed by atoms with Crippen molar-refractivity contribution in [2.24, 2.45) is 5.41 Å². The number of nitrogens with zero attached hydrogens (tertiary/aromatic N) is 1. The molecule has 0 bridgehead atoms. The van der Waals surface area contributed by atoms with Crippen LogP contribution < -0.4 is 5.32 Å². The summed E-state index contributed by atoms with van der Waals surface area (Å²) in [4.78, 5) is 2.75. The van der Waals surface area contributed by atoms with E-state index < -0.39 is 0 Å². The van der Waals surface area contributed by atoms with E-state index >= 15 is 0 Å². The molecule has 0 amide bonds. The van der Waals surface area contributed by atoms with Gasteiger partial charge in [-0.25, -0.2) is 0 Å². The lowest BCUT2D eigenvalue weighted by Gasteiger charge is -2.42. The van der Waals surface area contributed by atoms with E-state index in [4.69, 9.17) is 0 Å². The highest BCUT2D eigenvalue weighted by atomic mass is 15.2. The zero-order valence-corrected chi connectivity index (χ0v) is 12.8. The Hall–Kier alpha value is -0.860. The fourth-order valence-corrected chi connectivity index (χ4v) is 4.12. The Bertz CT molecular complexity index is 409. The molecule has 1 aromatic rings. The first kappa shape index (κ1) is 14.1. The zero-order valence-electron chi connectivity index (χ0n) is 12.8. The van der Waals surface area contributed by atoms with E-state index in [9.17, 15) is 0 Å². The average molecular weight is 272 g/mol. The molecule has 1 heterocycles. The molecular formula is C18H28N2. The molecule has 20 heavy (non-hydrogen) atoms. The second-order valence-electron chi connectivity index (χ2n) is 6.66. The zero-order chi connectivity index (χ0) is 13.8. The highest BCUT2D eigenvalue weighted by Crippen LogP contribution is 2.42. The third kappa shape index (κ3) is 2.91. The van der Waals surface area contributed by atoms with Crippen molar-refractivity contribution in [3.8, 4) is 0 Å². The van der Waals surface area contributed by atoms with Crippen LogP contribution in [0.3, 0.4) is 0 Å². The minimum Gasteiger partial charge on any atom is -0.314 e. The Labute approximate surface area is 123 Å². The Morgan fingerprint density at radius 1 is 1.20 bits per heavy atom. The number of hydrogen-bond donors (Lipinski definition) is 1. The van der Waals surface area contributed by atoms with Crippen molar-refractivity contribution in [2.45, 2.75) is 45.1 Å². The first-order valence-electron chi connectivity index (χ1n) is 8.33. The van der Waals surface area contributed by atoms with Crippen LogP contribution in [0.4, 0.5) is 0 Å². The molecule has 2 nitrogen and oxygen atoms in total. The van der Waals surface area contributed by atoms with Crippen molar-refractivity contribution in [1.29, 1.82) is 0 Å². The second-order valence-corrected chi connectivity index (χ2v) is 6.66. The van der Waals surface area contributed by atoms with Crippen molar-refractivity contribution in [3.05, 3.63) is 35.9 Å². The predicted octanol–water partition coefficient (Wildman–Crippen LogP) is 3.60. The smallest absolute Gasteiger partial charge is 0.0473 e.